The zero-order valence-electron chi connectivity index (χ0n) is 8.51. The van der Waals surface area contributed by atoms with E-state index in [0.29, 0.717) is 0 Å². The molecule has 0 saturated heterocycles. The molecule has 3 unspecified atom stereocenters. The molecule has 0 aromatic heterocycles. The van der Waals surface area contributed by atoms with E-state index in [1.54, 1.807) is 0 Å². The second kappa shape index (κ2) is 3.02. The average molecular weight is 167 g/mol. The summed E-state index contributed by atoms with van der Waals surface area (Å²) in [5, 5.41) is 3.49. The highest BCUT2D eigenvalue weighted by molar-refractivity contribution is 5.06. The van der Waals surface area contributed by atoms with Gasteiger partial charge in [-0.2, -0.15) is 0 Å². The van der Waals surface area contributed by atoms with Crippen LogP contribution in [0.3, 0.4) is 0 Å². The summed E-state index contributed by atoms with van der Waals surface area (Å²) < 4.78 is 0. The first-order valence-electron chi connectivity index (χ1n) is 5.43. The topological polar surface area (TPSA) is 12.0 Å². The summed E-state index contributed by atoms with van der Waals surface area (Å²) in [7, 11) is 2.12. The maximum absolute atomic E-state index is 3.49. The van der Waals surface area contributed by atoms with Crippen LogP contribution in [0.15, 0.2) is 0 Å². The van der Waals surface area contributed by atoms with E-state index in [4.69, 9.17) is 0 Å². The number of hydrogen-bond donors (Lipinski definition) is 1. The van der Waals surface area contributed by atoms with Crippen molar-refractivity contribution < 1.29 is 0 Å². The van der Waals surface area contributed by atoms with Gasteiger partial charge in [0, 0.05) is 6.04 Å². The molecule has 2 fully saturated rings. The molecule has 2 aliphatic carbocycles. The molecule has 1 N–H and O–H groups in total. The number of rotatable bonds is 3. The van der Waals surface area contributed by atoms with Crippen LogP contribution in [0.4, 0.5) is 0 Å². The Hall–Kier alpha value is -0.0400. The molecular formula is C11H21N. The van der Waals surface area contributed by atoms with Gasteiger partial charge in [-0.15, -0.1) is 0 Å². The summed E-state index contributed by atoms with van der Waals surface area (Å²) >= 11 is 0. The van der Waals surface area contributed by atoms with Crippen LogP contribution < -0.4 is 5.32 Å². The smallest absolute Gasteiger partial charge is 0.0121 e. The summed E-state index contributed by atoms with van der Waals surface area (Å²) in [5.74, 6) is 4.05. The summed E-state index contributed by atoms with van der Waals surface area (Å²) in [6.07, 6.45) is 4.53. The first kappa shape index (κ1) is 8.55. The molecular weight excluding hydrogens is 146 g/mol. The Morgan fingerprint density at radius 3 is 2.17 bits per heavy atom. The number of fused-ring (bicyclic) bond motifs is 1. The van der Waals surface area contributed by atoms with Gasteiger partial charge < -0.3 is 5.32 Å². The third kappa shape index (κ3) is 1.19. The molecule has 0 amide bonds. The van der Waals surface area contributed by atoms with Crippen LogP contribution in [0.1, 0.15) is 33.1 Å². The zero-order valence-corrected chi connectivity index (χ0v) is 8.51. The largest absolute Gasteiger partial charge is 0.316 e. The molecule has 0 aliphatic heterocycles. The van der Waals surface area contributed by atoms with Gasteiger partial charge in [0.25, 0.3) is 0 Å². The fourth-order valence-electron chi connectivity index (χ4n) is 3.38. The van der Waals surface area contributed by atoms with Crippen LogP contribution in [-0.4, -0.2) is 13.1 Å². The Bertz CT molecular complexity index is 154. The SMILES string of the molecule is CNC(C(C)C)C1C2CCCC21. The van der Waals surface area contributed by atoms with Gasteiger partial charge in [0.2, 0.25) is 0 Å². The van der Waals surface area contributed by atoms with Crippen LogP contribution in [-0.2, 0) is 0 Å². The van der Waals surface area contributed by atoms with Crippen LogP contribution in [0, 0.1) is 23.7 Å². The second-order valence-corrected chi connectivity index (χ2v) is 4.89. The van der Waals surface area contributed by atoms with Crippen molar-refractivity contribution >= 4 is 0 Å². The van der Waals surface area contributed by atoms with Gasteiger partial charge in [0.15, 0.2) is 0 Å². The second-order valence-electron chi connectivity index (χ2n) is 4.89. The monoisotopic (exact) mass is 167 g/mol. The van der Waals surface area contributed by atoms with Gasteiger partial charge in [-0.1, -0.05) is 20.3 Å². The summed E-state index contributed by atoms with van der Waals surface area (Å²) in [6.45, 7) is 4.68. The Kier molecular flexibility index (Phi) is 2.16. The molecule has 0 aromatic rings. The van der Waals surface area contributed by atoms with Crippen molar-refractivity contribution in [3.63, 3.8) is 0 Å². The van der Waals surface area contributed by atoms with Crippen LogP contribution in [0.25, 0.3) is 0 Å². The van der Waals surface area contributed by atoms with Gasteiger partial charge in [0.05, 0.1) is 0 Å². The number of hydrogen-bond acceptors (Lipinski definition) is 1. The van der Waals surface area contributed by atoms with Crippen LogP contribution in [0.5, 0.6) is 0 Å². The summed E-state index contributed by atoms with van der Waals surface area (Å²) in [4.78, 5) is 0. The normalized spacial score (nSPS) is 41.5. The van der Waals surface area contributed by atoms with E-state index in [2.05, 4.69) is 26.2 Å². The van der Waals surface area contributed by atoms with Crippen molar-refractivity contribution in [2.24, 2.45) is 23.7 Å². The molecule has 0 spiro atoms. The van der Waals surface area contributed by atoms with E-state index in [-0.39, 0.29) is 0 Å². The predicted molar refractivity (Wildman–Crippen MR) is 52.0 cm³/mol. The lowest BCUT2D eigenvalue weighted by molar-refractivity contribution is 0.344. The minimum atomic E-state index is 0.792. The molecule has 70 valence electrons. The van der Waals surface area contributed by atoms with Gasteiger partial charge >= 0.3 is 0 Å². The first-order valence-corrected chi connectivity index (χ1v) is 5.43. The molecule has 0 heterocycles. The molecule has 1 heteroatoms. The minimum absolute atomic E-state index is 0.792. The van der Waals surface area contributed by atoms with Crippen LogP contribution >= 0.6 is 0 Å². The highest BCUT2D eigenvalue weighted by Crippen LogP contribution is 2.59. The maximum atomic E-state index is 3.49. The maximum Gasteiger partial charge on any atom is 0.0121 e. The lowest BCUT2D eigenvalue weighted by Gasteiger charge is -2.21. The molecule has 1 nitrogen and oxygen atoms in total. The summed E-state index contributed by atoms with van der Waals surface area (Å²) in [6, 6.07) is 0.792. The lowest BCUT2D eigenvalue weighted by Crippen LogP contribution is -2.34. The van der Waals surface area contributed by atoms with Gasteiger partial charge in [-0.25, -0.2) is 0 Å². The molecule has 2 rings (SSSR count). The summed E-state index contributed by atoms with van der Waals surface area (Å²) in [5.41, 5.74) is 0. The Balaban J connectivity index is 1.92. The zero-order chi connectivity index (χ0) is 8.72. The quantitative estimate of drug-likeness (QED) is 0.680. The number of nitrogens with one attached hydrogen (secondary N) is 1. The van der Waals surface area contributed by atoms with E-state index in [9.17, 15) is 0 Å². The Morgan fingerprint density at radius 2 is 1.75 bits per heavy atom. The lowest BCUT2D eigenvalue weighted by atomic mass is 9.95. The molecule has 0 radical (unpaired) electrons. The van der Waals surface area contributed by atoms with Crippen molar-refractivity contribution in [3.05, 3.63) is 0 Å². The third-order valence-electron chi connectivity index (χ3n) is 3.94. The van der Waals surface area contributed by atoms with E-state index >= 15 is 0 Å². The van der Waals surface area contributed by atoms with E-state index in [0.717, 1.165) is 29.7 Å². The van der Waals surface area contributed by atoms with Crippen LogP contribution in [0.2, 0.25) is 0 Å². The highest BCUT2D eigenvalue weighted by atomic mass is 14.9. The highest BCUT2D eigenvalue weighted by Gasteiger charge is 2.55. The molecule has 12 heavy (non-hydrogen) atoms. The van der Waals surface area contributed by atoms with Crippen molar-refractivity contribution in [1.29, 1.82) is 0 Å². The molecule has 2 saturated carbocycles. The van der Waals surface area contributed by atoms with E-state index in [1.807, 2.05) is 0 Å². The predicted octanol–water partition coefficient (Wildman–Crippen LogP) is 2.28. The fourth-order valence-corrected chi connectivity index (χ4v) is 3.38. The first-order chi connectivity index (χ1) is 5.75. The Labute approximate surface area is 75.9 Å². The third-order valence-corrected chi connectivity index (χ3v) is 3.94. The van der Waals surface area contributed by atoms with Gasteiger partial charge in [-0.05, 0) is 43.6 Å². The van der Waals surface area contributed by atoms with Gasteiger partial charge in [0.1, 0.15) is 0 Å². The fraction of sp³-hybridized carbons (Fsp3) is 1.00. The molecule has 0 bridgehead atoms. The Morgan fingerprint density at radius 1 is 1.17 bits per heavy atom. The van der Waals surface area contributed by atoms with Crippen molar-refractivity contribution in [2.75, 3.05) is 7.05 Å². The molecule has 2 aliphatic rings. The standard InChI is InChI=1S/C11H21N/c1-7(2)11(12-3)10-8-5-4-6-9(8)10/h7-12H,4-6H2,1-3H3. The molecule has 0 aromatic carbocycles. The van der Waals surface area contributed by atoms with E-state index in [1.165, 1.54) is 19.3 Å². The van der Waals surface area contributed by atoms with Gasteiger partial charge in [-0.3, -0.25) is 0 Å². The molecule has 3 atom stereocenters. The minimum Gasteiger partial charge on any atom is -0.316 e. The van der Waals surface area contributed by atoms with E-state index < -0.39 is 0 Å². The average Bonchev–Trinajstić information content (AvgIpc) is 2.53. The van der Waals surface area contributed by atoms with Crippen molar-refractivity contribution in [1.82, 2.24) is 5.32 Å². The van der Waals surface area contributed by atoms with Crippen molar-refractivity contribution in [3.8, 4) is 0 Å². The van der Waals surface area contributed by atoms with Crippen molar-refractivity contribution in [2.45, 2.75) is 39.2 Å².